The topological polar surface area (TPSA) is 75.8 Å². The standard InChI is InChI=1S/C15H22N2O3/c1-11-8-17(9-13(10-18)20-11)15(19)7-14(16)12-5-3-2-4-6-12/h2-6,11,13-14,18H,7-10,16H2,1H3. The van der Waals surface area contributed by atoms with Gasteiger partial charge in [-0.2, -0.15) is 0 Å². The van der Waals surface area contributed by atoms with Crippen molar-refractivity contribution in [3.63, 3.8) is 0 Å². The van der Waals surface area contributed by atoms with Crippen molar-refractivity contribution < 1.29 is 14.6 Å². The minimum atomic E-state index is -0.297. The molecule has 110 valence electrons. The zero-order chi connectivity index (χ0) is 14.5. The van der Waals surface area contributed by atoms with Crippen LogP contribution < -0.4 is 5.73 Å². The van der Waals surface area contributed by atoms with Crippen LogP contribution in [-0.4, -0.2) is 47.8 Å². The van der Waals surface area contributed by atoms with Gasteiger partial charge in [0.25, 0.3) is 0 Å². The van der Waals surface area contributed by atoms with Gasteiger partial charge in [0.15, 0.2) is 0 Å². The number of benzene rings is 1. The van der Waals surface area contributed by atoms with Crippen molar-refractivity contribution >= 4 is 5.91 Å². The molecule has 0 bridgehead atoms. The highest BCUT2D eigenvalue weighted by atomic mass is 16.5. The van der Waals surface area contributed by atoms with E-state index < -0.39 is 0 Å². The molecule has 2 rings (SSSR count). The van der Waals surface area contributed by atoms with Crippen molar-refractivity contribution in [2.24, 2.45) is 5.73 Å². The average molecular weight is 278 g/mol. The molecular formula is C15H22N2O3. The van der Waals surface area contributed by atoms with E-state index in [1.165, 1.54) is 0 Å². The number of hydrogen-bond donors (Lipinski definition) is 2. The lowest BCUT2D eigenvalue weighted by atomic mass is 10.0. The number of aliphatic hydroxyl groups is 1. The first-order valence-electron chi connectivity index (χ1n) is 6.94. The molecule has 0 aromatic heterocycles. The van der Waals surface area contributed by atoms with Gasteiger partial charge in [-0.05, 0) is 12.5 Å². The summed E-state index contributed by atoms with van der Waals surface area (Å²) in [4.78, 5) is 14.0. The summed E-state index contributed by atoms with van der Waals surface area (Å²) in [6, 6.07) is 9.31. The molecule has 3 atom stereocenters. The third-order valence-corrected chi connectivity index (χ3v) is 3.50. The van der Waals surface area contributed by atoms with Gasteiger partial charge in [-0.3, -0.25) is 4.79 Å². The van der Waals surface area contributed by atoms with Crippen LogP contribution >= 0.6 is 0 Å². The van der Waals surface area contributed by atoms with Crippen LogP contribution in [0.1, 0.15) is 24.9 Å². The third kappa shape index (κ3) is 3.79. The van der Waals surface area contributed by atoms with Crippen LogP contribution in [0.2, 0.25) is 0 Å². The Balaban J connectivity index is 1.94. The van der Waals surface area contributed by atoms with Gasteiger partial charge in [0.2, 0.25) is 5.91 Å². The van der Waals surface area contributed by atoms with Crippen molar-refractivity contribution in [3.05, 3.63) is 35.9 Å². The lowest BCUT2D eigenvalue weighted by molar-refractivity contribution is -0.147. The van der Waals surface area contributed by atoms with Crippen LogP contribution in [0.25, 0.3) is 0 Å². The zero-order valence-corrected chi connectivity index (χ0v) is 11.7. The van der Waals surface area contributed by atoms with Gasteiger partial charge in [0.1, 0.15) is 0 Å². The summed E-state index contributed by atoms with van der Waals surface area (Å²) in [5, 5.41) is 9.18. The monoisotopic (exact) mass is 278 g/mol. The summed E-state index contributed by atoms with van der Waals surface area (Å²) >= 11 is 0. The lowest BCUT2D eigenvalue weighted by Crippen LogP contribution is -2.50. The fourth-order valence-corrected chi connectivity index (χ4v) is 2.49. The number of hydrogen-bond acceptors (Lipinski definition) is 4. The van der Waals surface area contributed by atoms with E-state index in [1.807, 2.05) is 37.3 Å². The van der Waals surface area contributed by atoms with Crippen LogP contribution in [-0.2, 0) is 9.53 Å². The molecule has 3 unspecified atom stereocenters. The van der Waals surface area contributed by atoms with Crippen molar-refractivity contribution in [1.82, 2.24) is 4.90 Å². The summed E-state index contributed by atoms with van der Waals surface area (Å²) in [5.74, 6) is 0.00922. The number of ether oxygens (including phenoxy) is 1. The quantitative estimate of drug-likeness (QED) is 0.849. The van der Waals surface area contributed by atoms with E-state index in [0.29, 0.717) is 13.1 Å². The Morgan fingerprint density at radius 1 is 1.45 bits per heavy atom. The van der Waals surface area contributed by atoms with Crippen LogP contribution in [0.15, 0.2) is 30.3 Å². The van der Waals surface area contributed by atoms with E-state index in [9.17, 15) is 9.90 Å². The summed E-state index contributed by atoms with van der Waals surface area (Å²) in [6.45, 7) is 2.82. The number of rotatable bonds is 4. The van der Waals surface area contributed by atoms with Gasteiger partial charge >= 0.3 is 0 Å². The number of carbonyl (C=O) groups is 1. The molecule has 1 amide bonds. The molecule has 0 radical (unpaired) electrons. The van der Waals surface area contributed by atoms with Gasteiger partial charge < -0.3 is 20.5 Å². The molecule has 1 fully saturated rings. The van der Waals surface area contributed by atoms with Crippen molar-refractivity contribution in [2.45, 2.75) is 31.6 Å². The maximum Gasteiger partial charge on any atom is 0.224 e. The van der Waals surface area contributed by atoms with Gasteiger partial charge in [0, 0.05) is 25.6 Å². The molecule has 20 heavy (non-hydrogen) atoms. The number of carbonyl (C=O) groups excluding carboxylic acids is 1. The van der Waals surface area contributed by atoms with Crippen LogP contribution in [0.4, 0.5) is 0 Å². The van der Waals surface area contributed by atoms with E-state index in [0.717, 1.165) is 5.56 Å². The Bertz CT molecular complexity index is 438. The number of morpholine rings is 1. The average Bonchev–Trinajstić information content (AvgIpc) is 2.47. The molecular weight excluding hydrogens is 256 g/mol. The molecule has 1 aromatic rings. The van der Waals surface area contributed by atoms with Gasteiger partial charge in [-0.25, -0.2) is 0 Å². The molecule has 1 heterocycles. The molecule has 0 aliphatic carbocycles. The zero-order valence-electron chi connectivity index (χ0n) is 11.7. The maximum atomic E-state index is 12.3. The Labute approximate surface area is 119 Å². The summed E-state index contributed by atoms with van der Waals surface area (Å²) in [7, 11) is 0. The van der Waals surface area contributed by atoms with E-state index in [-0.39, 0.29) is 37.2 Å². The highest BCUT2D eigenvalue weighted by Crippen LogP contribution is 2.17. The normalized spacial score (nSPS) is 24.4. The summed E-state index contributed by atoms with van der Waals surface area (Å²) < 4.78 is 5.53. The third-order valence-electron chi connectivity index (χ3n) is 3.50. The number of nitrogens with two attached hydrogens (primary N) is 1. The molecule has 1 saturated heterocycles. The summed E-state index contributed by atoms with van der Waals surface area (Å²) in [6.07, 6.45) is -0.0806. The molecule has 1 aromatic carbocycles. The Hall–Kier alpha value is -1.43. The summed E-state index contributed by atoms with van der Waals surface area (Å²) in [5.41, 5.74) is 7.04. The van der Waals surface area contributed by atoms with Crippen molar-refractivity contribution in [3.8, 4) is 0 Å². The van der Waals surface area contributed by atoms with E-state index in [4.69, 9.17) is 10.5 Å². The minimum Gasteiger partial charge on any atom is -0.394 e. The second-order valence-electron chi connectivity index (χ2n) is 5.27. The van der Waals surface area contributed by atoms with Crippen LogP contribution in [0.5, 0.6) is 0 Å². The molecule has 1 aliphatic heterocycles. The second-order valence-corrected chi connectivity index (χ2v) is 5.27. The van der Waals surface area contributed by atoms with E-state index in [1.54, 1.807) is 4.90 Å². The molecule has 0 spiro atoms. The first-order valence-corrected chi connectivity index (χ1v) is 6.94. The predicted octanol–water partition coefficient (Wildman–Crippen LogP) is 0.685. The fourth-order valence-electron chi connectivity index (χ4n) is 2.49. The maximum absolute atomic E-state index is 12.3. The predicted molar refractivity (Wildman–Crippen MR) is 76.0 cm³/mol. The second kappa shape index (κ2) is 6.83. The van der Waals surface area contributed by atoms with Gasteiger partial charge in [-0.1, -0.05) is 30.3 Å². The van der Waals surface area contributed by atoms with E-state index in [2.05, 4.69) is 0 Å². The lowest BCUT2D eigenvalue weighted by Gasteiger charge is -2.36. The number of nitrogens with zero attached hydrogens (tertiary/aromatic N) is 1. The van der Waals surface area contributed by atoms with E-state index >= 15 is 0 Å². The van der Waals surface area contributed by atoms with Crippen molar-refractivity contribution in [1.29, 1.82) is 0 Å². The Morgan fingerprint density at radius 3 is 2.80 bits per heavy atom. The Kier molecular flexibility index (Phi) is 5.11. The number of amides is 1. The fraction of sp³-hybridized carbons (Fsp3) is 0.533. The van der Waals surface area contributed by atoms with Crippen molar-refractivity contribution in [2.75, 3.05) is 19.7 Å². The smallest absolute Gasteiger partial charge is 0.224 e. The van der Waals surface area contributed by atoms with Gasteiger partial charge in [-0.15, -0.1) is 0 Å². The molecule has 5 nitrogen and oxygen atoms in total. The molecule has 0 saturated carbocycles. The number of aliphatic hydroxyl groups excluding tert-OH is 1. The first-order chi connectivity index (χ1) is 9.60. The van der Waals surface area contributed by atoms with Crippen LogP contribution in [0.3, 0.4) is 0 Å². The Morgan fingerprint density at radius 2 is 2.15 bits per heavy atom. The highest BCUT2D eigenvalue weighted by Gasteiger charge is 2.28. The molecule has 3 N–H and O–H groups in total. The van der Waals surface area contributed by atoms with Gasteiger partial charge in [0.05, 0.1) is 18.8 Å². The first kappa shape index (κ1) is 15.0. The SMILES string of the molecule is CC1CN(C(=O)CC(N)c2ccccc2)CC(CO)O1. The van der Waals surface area contributed by atoms with Crippen LogP contribution in [0, 0.1) is 0 Å². The largest absolute Gasteiger partial charge is 0.394 e. The highest BCUT2D eigenvalue weighted by molar-refractivity contribution is 5.77. The minimum absolute atomic E-state index is 0.00922. The molecule has 1 aliphatic rings. The molecule has 5 heteroatoms.